The van der Waals surface area contributed by atoms with Gasteiger partial charge in [-0.3, -0.25) is 9.59 Å². The standard InChI is InChI=1S/C18H21N3O3S/c1-13(2)11-19-18(23)14-7-3-4-8-15(14)20-16(22)12-25-17-9-5-6-10-21(17)24/h3-10,13H,11-12H2,1-2H3,(H,19,23)(H,20,22). The van der Waals surface area contributed by atoms with E-state index in [0.717, 1.165) is 11.8 Å². The van der Waals surface area contributed by atoms with Crippen LogP contribution in [0.4, 0.5) is 5.69 Å². The number of amides is 2. The lowest BCUT2D eigenvalue weighted by molar-refractivity contribution is -0.645. The first kappa shape index (κ1) is 18.8. The molecule has 6 nitrogen and oxygen atoms in total. The normalized spacial score (nSPS) is 10.5. The van der Waals surface area contributed by atoms with Gasteiger partial charge in [0.25, 0.3) is 10.9 Å². The molecule has 2 aromatic rings. The predicted octanol–water partition coefficient (Wildman–Crippen LogP) is 2.44. The Labute approximate surface area is 151 Å². The van der Waals surface area contributed by atoms with Gasteiger partial charge in [-0.15, -0.1) is 0 Å². The first-order valence-electron chi connectivity index (χ1n) is 7.95. The van der Waals surface area contributed by atoms with Crippen LogP contribution in [-0.4, -0.2) is 24.1 Å². The molecule has 0 saturated carbocycles. The molecule has 2 rings (SSSR count). The van der Waals surface area contributed by atoms with E-state index in [1.165, 1.54) is 6.20 Å². The van der Waals surface area contributed by atoms with Crippen LogP contribution in [0.3, 0.4) is 0 Å². The third-order valence-electron chi connectivity index (χ3n) is 3.26. The van der Waals surface area contributed by atoms with Crippen molar-refractivity contribution in [2.45, 2.75) is 18.9 Å². The van der Waals surface area contributed by atoms with Crippen LogP contribution in [0.15, 0.2) is 53.7 Å². The van der Waals surface area contributed by atoms with Gasteiger partial charge in [0.15, 0.2) is 6.20 Å². The minimum absolute atomic E-state index is 0.0776. The summed E-state index contributed by atoms with van der Waals surface area (Å²) in [5.41, 5.74) is 0.873. The third-order valence-corrected chi connectivity index (χ3v) is 4.27. The molecule has 2 N–H and O–H groups in total. The number of benzene rings is 1. The van der Waals surface area contributed by atoms with E-state index in [2.05, 4.69) is 10.6 Å². The Morgan fingerprint density at radius 2 is 1.88 bits per heavy atom. The second-order valence-corrected chi connectivity index (χ2v) is 6.85. The van der Waals surface area contributed by atoms with Crippen molar-refractivity contribution in [2.24, 2.45) is 5.92 Å². The van der Waals surface area contributed by atoms with Gasteiger partial charge in [0.2, 0.25) is 5.91 Å². The molecule has 0 aliphatic carbocycles. The van der Waals surface area contributed by atoms with Crippen molar-refractivity contribution in [3.05, 3.63) is 59.4 Å². The third kappa shape index (κ3) is 5.79. The van der Waals surface area contributed by atoms with Crippen LogP contribution in [0.5, 0.6) is 0 Å². The zero-order valence-corrected chi connectivity index (χ0v) is 15.0. The van der Waals surface area contributed by atoms with E-state index >= 15 is 0 Å². The summed E-state index contributed by atoms with van der Waals surface area (Å²) in [5.74, 6) is -0.0868. The number of pyridine rings is 1. The van der Waals surface area contributed by atoms with E-state index < -0.39 is 0 Å². The van der Waals surface area contributed by atoms with E-state index in [4.69, 9.17) is 0 Å². The second kappa shape index (κ2) is 9.08. The number of anilines is 1. The minimum atomic E-state index is -0.280. The number of carbonyl (C=O) groups is 2. The predicted molar refractivity (Wildman–Crippen MR) is 98.4 cm³/mol. The number of para-hydroxylation sites is 1. The van der Waals surface area contributed by atoms with Crippen molar-refractivity contribution in [3.63, 3.8) is 0 Å². The number of aromatic nitrogens is 1. The Hall–Kier alpha value is -2.54. The summed E-state index contributed by atoms with van der Waals surface area (Å²) in [7, 11) is 0. The Morgan fingerprint density at radius 1 is 1.16 bits per heavy atom. The molecule has 0 aliphatic rings. The smallest absolute Gasteiger partial charge is 0.253 e. The van der Waals surface area contributed by atoms with Gasteiger partial charge in [-0.25, -0.2) is 0 Å². The zero-order valence-electron chi connectivity index (χ0n) is 14.2. The maximum atomic E-state index is 12.3. The van der Waals surface area contributed by atoms with E-state index in [0.29, 0.717) is 33.5 Å². The maximum absolute atomic E-state index is 12.3. The molecular weight excluding hydrogens is 338 g/mol. The van der Waals surface area contributed by atoms with Gasteiger partial charge in [-0.1, -0.05) is 26.0 Å². The molecule has 0 saturated heterocycles. The molecule has 1 aromatic heterocycles. The lowest BCUT2D eigenvalue weighted by Gasteiger charge is -2.12. The Kier molecular flexibility index (Phi) is 6.82. The molecule has 7 heteroatoms. The number of nitrogens with one attached hydrogen (secondary N) is 2. The molecule has 0 bridgehead atoms. The molecule has 0 aliphatic heterocycles. The van der Waals surface area contributed by atoms with Crippen LogP contribution in [-0.2, 0) is 4.79 Å². The molecule has 0 spiro atoms. The van der Waals surface area contributed by atoms with Crippen molar-refractivity contribution < 1.29 is 14.3 Å². The highest BCUT2D eigenvalue weighted by atomic mass is 32.2. The van der Waals surface area contributed by atoms with Gasteiger partial charge in [-0.05, 0) is 35.9 Å². The summed E-state index contributed by atoms with van der Waals surface area (Å²) >= 11 is 1.14. The van der Waals surface area contributed by atoms with E-state index in [9.17, 15) is 14.8 Å². The number of rotatable bonds is 7. The van der Waals surface area contributed by atoms with Crippen molar-refractivity contribution in [2.75, 3.05) is 17.6 Å². The number of hydrogen-bond acceptors (Lipinski definition) is 4. The molecule has 2 amide bonds. The molecule has 1 heterocycles. The largest absolute Gasteiger partial charge is 0.618 e. The summed E-state index contributed by atoms with van der Waals surface area (Å²) in [5, 5.41) is 17.6. The first-order chi connectivity index (χ1) is 12.0. The fourth-order valence-corrected chi connectivity index (χ4v) is 2.75. The highest BCUT2D eigenvalue weighted by molar-refractivity contribution is 7.99. The summed E-state index contributed by atoms with van der Waals surface area (Å²) in [6, 6.07) is 11.9. The Morgan fingerprint density at radius 3 is 2.60 bits per heavy atom. The monoisotopic (exact) mass is 359 g/mol. The van der Waals surface area contributed by atoms with Gasteiger partial charge in [0.05, 0.1) is 17.0 Å². The van der Waals surface area contributed by atoms with Crippen molar-refractivity contribution in [1.29, 1.82) is 0 Å². The average Bonchev–Trinajstić information content (AvgIpc) is 2.59. The molecule has 0 fully saturated rings. The average molecular weight is 359 g/mol. The summed E-state index contributed by atoms with van der Waals surface area (Å²) in [4.78, 5) is 24.4. The lowest BCUT2D eigenvalue weighted by atomic mass is 10.1. The fraction of sp³-hybridized carbons (Fsp3) is 0.278. The van der Waals surface area contributed by atoms with Crippen LogP contribution in [0, 0.1) is 11.1 Å². The lowest BCUT2D eigenvalue weighted by Crippen LogP contribution is -2.29. The summed E-state index contributed by atoms with van der Waals surface area (Å²) in [6.07, 6.45) is 1.38. The number of nitrogens with zero attached hydrogens (tertiary/aromatic N) is 1. The molecule has 0 unspecified atom stereocenters. The van der Waals surface area contributed by atoms with E-state index in [-0.39, 0.29) is 17.6 Å². The first-order valence-corrected chi connectivity index (χ1v) is 8.94. The molecule has 0 radical (unpaired) electrons. The highest BCUT2D eigenvalue weighted by Crippen LogP contribution is 2.17. The highest BCUT2D eigenvalue weighted by Gasteiger charge is 2.14. The van der Waals surface area contributed by atoms with Gasteiger partial charge in [0, 0.05) is 18.7 Å². The van der Waals surface area contributed by atoms with Gasteiger partial charge >= 0.3 is 0 Å². The van der Waals surface area contributed by atoms with Crippen molar-refractivity contribution in [3.8, 4) is 0 Å². The quantitative estimate of drug-likeness (QED) is 0.452. The van der Waals surface area contributed by atoms with Crippen LogP contribution < -0.4 is 15.4 Å². The van der Waals surface area contributed by atoms with Crippen molar-refractivity contribution in [1.82, 2.24) is 5.32 Å². The molecule has 25 heavy (non-hydrogen) atoms. The number of thioether (sulfide) groups is 1. The maximum Gasteiger partial charge on any atom is 0.253 e. The second-order valence-electron chi connectivity index (χ2n) is 5.85. The number of carbonyl (C=O) groups excluding carboxylic acids is 2. The van der Waals surface area contributed by atoms with Gasteiger partial charge in [0.1, 0.15) is 0 Å². The topological polar surface area (TPSA) is 85.1 Å². The van der Waals surface area contributed by atoms with Crippen molar-refractivity contribution >= 4 is 29.3 Å². The fourth-order valence-electron chi connectivity index (χ4n) is 2.03. The minimum Gasteiger partial charge on any atom is -0.618 e. The SMILES string of the molecule is CC(C)CNC(=O)c1ccccc1NC(=O)CSc1cccc[n+]1[O-]. The molecule has 132 valence electrons. The zero-order chi connectivity index (χ0) is 18.2. The van der Waals surface area contributed by atoms with Gasteiger partial charge < -0.3 is 15.8 Å². The molecular formula is C18H21N3O3S. The van der Waals surface area contributed by atoms with Crippen LogP contribution >= 0.6 is 11.8 Å². The Balaban J connectivity index is 1.98. The molecule has 0 atom stereocenters. The summed E-state index contributed by atoms with van der Waals surface area (Å²) < 4.78 is 0.714. The number of hydrogen-bond donors (Lipinski definition) is 2. The van der Waals surface area contributed by atoms with Crippen LogP contribution in [0.1, 0.15) is 24.2 Å². The Bertz CT molecular complexity index is 750. The van der Waals surface area contributed by atoms with Crippen LogP contribution in [0.25, 0.3) is 0 Å². The van der Waals surface area contributed by atoms with Gasteiger partial charge in [-0.2, -0.15) is 4.73 Å². The molecule has 1 aromatic carbocycles. The summed E-state index contributed by atoms with van der Waals surface area (Å²) in [6.45, 7) is 4.59. The van der Waals surface area contributed by atoms with Crippen LogP contribution in [0.2, 0.25) is 0 Å². The van der Waals surface area contributed by atoms with E-state index in [1.54, 1.807) is 42.5 Å². The van der Waals surface area contributed by atoms with E-state index in [1.807, 2.05) is 13.8 Å².